The van der Waals surface area contributed by atoms with E-state index in [-0.39, 0.29) is 28.8 Å². The first-order valence-electron chi connectivity index (χ1n) is 12.7. The molecule has 0 saturated carbocycles. The van der Waals surface area contributed by atoms with Gasteiger partial charge in [0.1, 0.15) is 5.69 Å². The van der Waals surface area contributed by atoms with Gasteiger partial charge in [0, 0.05) is 16.6 Å². The van der Waals surface area contributed by atoms with Crippen molar-refractivity contribution in [3.63, 3.8) is 0 Å². The molecule has 196 valence electrons. The molecule has 0 atom stereocenters. The SMILES string of the molecule is Cc1ccc(-n2c(O)c(N=Nc3cccc(-c4cccc(C(=O)O)c4)c3O)c3c(C(C)C)cccc32)cc1C. The lowest BCUT2D eigenvalue weighted by atomic mass is 9.98. The highest BCUT2D eigenvalue weighted by atomic mass is 16.4. The highest BCUT2D eigenvalue weighted by molar-refractivity contribution is 5.99. The molecular weight excluding hydrogens is 490 g/mol. The zero-order chi connectivity index (χ0) is 27.8. The fraction of sp³-hybridized carbons (Fsp3) is 0.156. The quantitative estimate of drug-likeness (QED) is 0.195. The number of phenols is 1. The summed E-state index contributed by atoms with van der Waals surface area (Å²) in [5, 5.41) is 41.5. The zero-order valence-corrected chi connectivity index (χ0v) is 22.2. The van der Waals surface area contributed by atoms with E-state index in [1.54, 1.807) is 34.9 Å². The third kappa shape index (κ3) is 4.63. The van der Waals surface area contributed by atoms with E-state index in [2.05, 4.69) is 24.1 Å². The lowest BCUT2D eigenvalue weighted by Crippen LogP contribution is -1.95. The molecule has 0 saturated heterocycles. The molecule has 7 nitrogen and oxygen atoms in total. The van der Waals surface area contributed by atoms with Crippen LogP contribution in [0.15, 0.2) is 89.1 Å². The molecule has 39 heavy (non-hydrogen) atoms. The first-order valence-corrected chi connectivity index (χ1v) is 12.7. The minimum atomic E-state index is -1.05. The molecule has 0 bridgehead atoms. The maximum atomic E-state index is 11.5. The smallest absolute Gasteiger partial charge is 0.335 e. The Morgan fingerprint density at radius 2 is 1.59 bits per heavy atom. The average molecular weight is 520 g/mol. The third-order valence-electron chi connectivity index (χ3n) is 7.04. The molecule has 1 heterocycles. The molecule has 0 unspecified atom stereocenters. The van der Waals surface area contributed by atoms with Crippen LogP contribution in [-0.4, -0.2) is 25.9 Å². The van der Waals surface area contributed by atoms with Crippen LogP contribution in [0.2, 0.25) is 0 Å². The molecule has 4 aromatic carbocycles. The van der Waals surface area contributed by atoms with E-state index in [4.69, 9.17) is 0 Å². The Hall–Kier alpha value is -4.91. The Kier molecular flexibility index (Phi) is 6.66. The van der Waals surface area contributed by atoms with Crippen molar-refractivity contribution in [3.8, 4) is 28.4 Å². The van der Waals surface area contributed by atoms with Crippen LogP contribution in [0.5, 0.6) is 11.6 Å². The number of carbonyl (C=O) groups is 1. The summed E-state index contributed by atoms with van der Waals surface area (Å²) in [5.41, 5.74) is 6.48. The second-order valence-corrected chi connectivity index (χ2v) is 9.93. The summed E-state index contributed by atoms with van der Waals surface area (Å²) in [5.74, 6) is -1.07. The van der Waals surface area contributed by atoms with Gasteiger partial charge in [-0.25, -0.2) is 4.79 Å². The van der Waals surface area contributed by atoms with E-state index in [0.29, 0.717) is 16.8 Å². The normalized spacial score (nSPS) is 11.6. The molecule has 0 aliphatic rings. The standard InChI is InChI=1S/C32H29N3O4/c1-18(2)24-10-7-13-27-28(24)29(31(37)35(27)23-15-14-19(3)20(4)16-23)34-33-26-12-6-11-25(30(26)36)21-8-5-9-22(17-21)32(38)39/h5-18,36-37H,1-4H3,(H,38,39). The van der Waals surface area contributed by atoms with Crippen molar-refractivity contribution in [1.82, 2.24) is 4.57 Å². The van der Waals surface area contributed by atoms with Crippen molar-refractivity contribution in [2.24, 2.45) is 10.2 Å². The summed E-state index contributed by atoms with van der Waals surface area (Å²) in [6.45, 7) is 8.24. The topological polar surface area (TPSA) is 107 Å². The molecule has 0 radical (unpaired) electrons. The number of aromatic hydroxyl groups is 2. The molecule has 1 aromatic heterocycles. The van der Waals surface area contributed by atoms with Crippen LogP contribution in [-0.2, 0) is 0 Å². The Morgan fingerprint density at radius 3 is 2.31 bits per heavy atom. The van der Waals surface area contributed by atoms with Gasteiger partial charge in [-0.05, 0) is 78.4 Å². The van der Waals surface area contributed by atoms with E-state index in [1.807, 2.05) is 50.2 Å². The number of hydrogen-bond acceptors (Lipinski definition) is 5. The molecule has 3 N–H and O–H groups in total. The molecule has 0 spiro atoms. The van der Waals surface area contributed by atoms with Crippen LogP contribution in [0.25, 0.3) is 27.7 Å². The summed E-state index contributed by atoms with van der Waals surface area (Å²) in [6, 6.07) is 23.3. The molecule has 0 aliphatic carbocycles. The predicted octanol–water partition coefficient (Wildman–Crippen LogP) is 8.56. The number of aromatic nitrogens is 1. The van der Waals surface area contributed by atoms with E-state index >= 15 is 0 Å². The number of nitrogens with zero attached hydrogens (tertiary/aromatic N) is 3. The van der Waals surface area contributed by atoms with Gasteiger partial charge in [-0.1, -0.05) is 56.3 Å². The van der Waals surface area contributed by atoms with Crippen molar-refractivity contribution >= 4 is 28.2 Å². The van der Waals surface area contributed by atoms with Crippen LogP contribution in [0.1, 0.15) is 46.8 Å². The number of carboxylic acids is 1. The second-order valence-electron chi connectivity index (χ2n) is 9.93. The minimum Gasteiger partial charge on any atom is -0.505 e. The van der Waals surface area contributed by atoms with Crippen molar-refractivity contribution in [3.05, 3.63) is 101 Å². The summed E-state index contributed by atoms with van der Waals surface area (Å²) in [6.07, 6.45) is 0. The summed E-state index contributed by atoms with van der Waals surface area (Å²) >= 11 is 0. The fourth-order valence-electron chi connectivity index (χ4n) is 4.80. The van der Waals surface area contributed by atoms with Gasteiger partial charge in [0.25, 0.3) is 0 Å². The highest BCUT2D eigenvalue weighted by Crippen LogP contribution is 2.46. The van der Waals surface area contributed by atoms with Crippen molar-refractivity contribution in [2.45, 2.75) is 33.6 Å². The maximum Gasteiger partial charge on any atom is 0.335 e. The van der Waals surface area contributed by atoms with E-state index < -0.39 is 5.97 Å². The van der Waals surface area contributed by atoms with Gasteiger partial charge in [0.2, 0.25) is 5.88 Å². The first kappa shape index (κ1) is 25.7. The van der Waals surface area contributed by atoms with Crippen molar-refractivity contribution in [2.75, 3.05) is 0 Å². The van der Waals surface area contributed by atoms with Crippen molar-refractivity contribution in [1.29, 1.82) is 0 Å². The van der Waals surface area contributed by atoms with Crippen LogP contribution < -0.4 is 0 Å². The number of benzene rings is 4. The van der Waals surface area contributed by atoms with Crippen LogP contribution in [0.4, 0.5) is 11.4 Å². The monoisotopic (exact) mass is 519 g/mol. The number of fused-ring (bicyclic) bond motifs is 1. The Morgan fingerprint density at radius 1 is 0.846 bits per heavy atom. The molecule has 0 fully saturated rings. The Balaban J connectivity index is 1.67. The van der Waals surface area contributed by atoms with Gasteiger partial charge in [0.05, 0.1) is 11.1 Å². The molecular formula is C32H29N3O4. The predicted molar refractivity (Wildman–Crippen MR) is 153 cm³/mol. The lowest BCUT2D eigenvalue weighted by Gasteiger charge is -2.11. The van der Waals surface area contributed by atoms with Gasteiger partial charge >= 0.3 is 5.97 Å². The van der Waals surface area contributed by atoms with Gasteiger partial charge in [-0.15, -0.1) is 10.2 Å². The molecule has 5 rings (SSSR count). The second kappa shape index (κ2) is 10.1. The summed E-state index contributed by atoms with van der Waals surface area (Å²) in [4.78, 5) is 11.4. The number of azo groups is 1. The number of aromatic carboxylic acids is 1. The zero-order valence-electron chi connectivity index (χ0n) is 22.2. The largest absolute Gasteiger partial charge is 0.505 e. The Bertz CT molecular complexity index is 1770. The average Bonchev–Trinajstić information content (AvgIpc) is 3.20. The molecule has 0 aliphatic heterocycles. The van der Waals surface area contributed by atoms with E-state index in [1.165, 1.54) is 12.1 Å². The number of rotatable bonds is 6. The molecule has 0 amide bonds. The number of para-hydroxylation sites is 1. The van der Waals surface area contributed by atoms with Gasteiger partial charge in [-0.2, -0.15) is 0 Å². The first-order chi connectivity index (χ1) is 18.7. The van der Waals surface area contributed by atoms with E-state index in [9.17, 15) is 20.1 Å². The highest BCUT2D eigenvalue weighted by Gasteiger charge is 2.22. The molecule has 5 aromatic rings. The van der Waals surface area contributed by atoms with E-state index in [0.717, 1.165) is 33.3 Å². The number of phenolic OH excluding ortho intramolecular Hbond substituents is 1. The molecule has 7 heteroatoms. The van der Waals surface area contributed by atoms with Crippen molar-refractivity contribution < 1.29 is 20.1 Å². The minimum absolute atomic E-state index is 0.0464. The van der Waals surface area contributed by atoms with Gasteiger partial charge < -0.3 is 15.3 Å². The number of aryl methyl sites for hydroxylation is 2. The van der Waals surface area contributed by atoms with Crippen LogP contribution in [0, 0.1) is 13.8 Å². The fourth-order valence-corrected chi connectivity index (χ4v) is 4.80. The number of carboxylic acid groups (broad SMARTS) is 1. The van der Waals surface area contributed by atoms with Gasteiger partial charge in [0.15, 0.2) is 11.4 Å². The van der Waals surface area contributed by atoms with Crippen LogP contribution in [0.3, 0.4) is 0 Å². The summed E-state index contributed by atoms with van der Waals surface area (Å²) in [7, 11) is 0. The maximum absolute atomic E-state index is 11.5. The third-order valence-corrected chi connectivity index (χ3v) is 7.04. The van der Waals surface area contributed by atoms with Gasteiger partial charge in [-0.3, -0.25) is 4.57 Å². The lowest BCUT2D eigenvalue weighted by molar-refractivity contribution is 0.0697. The number of hydrogen-bond donors (Lipinski definition) is 3. The van der Waals surface area contributed by atoms with Crippen LogP contribution >= 0.6 is 0 Å². The summed E-state index contributed by atoms with van der Waals surface area (Å²) < 4.78 is 1.77. The Labute approximate surface area is 226 Å².